The highest BCUT2D eigenvalue weighted by atomic mass is 16.5. The number of hydrogen-bond acceptors (Lipinski definition) is 2. The fourth-order valence-electron chi connectivity index (χ4n) is 2.61. The number of rotatable bonds is 10. The van der Waals surface area contributed by atoms with Crippen LogP contribution in [0, 0.1) is 0 Å². The van der Waals surface area contributed by atoms with Gasteiger partial charge in [0.25, 0.3) is 0 Å². The molecule has 0 radical (unpaired) electrons. The molecule has 17 heavy (non-hydrogen) atoms. The summed E-state index contributed by atoms with van der Waals surface area (Å²) in [4.78, 5) is 0. The minimum Gasteiger partial charge on any atom is -0.378 e. The fraction of sp³-hybridized carbons (Fsp3) is 1.00. The maximum Gasteiger partial charge on any atom is 0.0590 e. The molecule has 102 valence electrons. The van der Waals surface area contributed by atoms with Crippen LogP contribution in [0.25, 0.3) is 0 Å². The van der Waals surface area contributed by atoms with Gasteiger partial charge in [0.2, 0.25) is 0 Å². The molecule has 0 aromatic heterocycles. The van der Waals surface area contributed by atoms with E-state index in [4.69, 9.17) is 10.5 Å². The Bertz CT molecular complexity index is 172. The van der Waals surface area contributed by atoms with Gasteiger partial charge in [-0.25, -0.2) is 0 Å². The van der Waals surface area contributed by atoms with Crippen LogP contribution in [0.3, 0.4) is 0 Å². The summed E-state index contributed by atoms with van der Waals surface area (Å²) in [7, 11) is 0. The average molecular weight is 241 g/mol. The summed E-state index contributed by atoms with van der Waals surface area (Å²) in [6.45, 7) is 3.22. The van der Waals surface area contributed by atoms with E-state index < -0.39 is 0 Å². The third kappa shape index (κ3) is 7.77. The minimum absolute atomic E-state index is 0.401. The van der Waals surface area contributed by atoms with E-state index in [1.165, 1.54) is 57.8 Å². The summed E-state index contributed by atoms with van der Waals surface area (Å²) in [5.41, 5.74) is 5.85. The van der Waals surface area contributed by atoms with Crippen LogP contribution in [0.4, 0.5) is 0 Å². The highest BCUT2D eigenvalue weighted by Gasteiger charge is 2.21. The fourth-order valence-corrected chi connectivity index (χ4v) is 2.61. The van der Waals surface area contributed by atoms with Crippen LogP contribution >= 0.6 is 0 Å². The van der Waals surface area contributed by atoms with Crippen LogP contribution in [0.1, 0.15) is 77.6 Å². The zero-order chi connectivity index (χ0) is 12.3. The maximum absolute atomic E-state index is 5.85. The third-order valence-electron chi connectivity index (χ3n) is 3.78. The SMILES string of the molecule is CCCCCCCCCCOC1CCC(N)C1. The Morgan fingerprint density at radius 2 is 1.59 bits per heavy atom. The number of hydrogen-bond donors (Lipinski definition) is 1. The first-order chi connectivity index (χ1) is 8.33. The van der Waals surface area contributed by atoms with E-state index in [0.29, 0.717) is 12.1 Å². The van der Waals surface area contributed by atoms with Gasteiger partial charge in [-0.15, -0.1) is 0 Å². The van der Waals surface area contributed by atoms with Crippen molar-refractivity contribution in [3.05, 3.63) is 0 Å². The number of unbranched alkanes of at least 4 members (excludes halogenated alkanes) is 7. The molecule has 2 unspecified atom stereocenters. The standard InChI is InChI=1S/C15H31NO/c1-2-3-4-5-6-7-8-9-12-17-15-11-10-14(16)13-15/h14-15H,2-13,16H2,1H3. The molecule has 2 nitrogen and oxygen atoms in total. The molecule has 0 aliphatic heterocycles. The molecule has 0 saturated heterocycles. The predicted molar refractivity (Wildman–Crippen MR) is 74.2 cm³/mol. The van der Waals surface area contributed by atoms with Crippen LogP contribution in [0.5, 0.6) is 0 Å². The van der Waals surface area contributed by atoms with E-state index in [0.717, 1.165) is 19.4 Å². The first-order valence-corrected chi connectivity index (χ1v) is 7.70. The van der Waals surface area contributed by atoms with Crippen molar-refractivity contribution in [1.29, 1.82) is 0 Å². The summed E-state index contributed by atoms with van der Waals surface area (Å²) in [5.74, 6) is 0. The normalized spacial score (nSPS) is 24.4. The zero-order valence-corrected chi connectivity index (χ0v) is 11.6. The summed E-state index contributed by atoms with van der Waals surface area (Å²) >= 11 is 0. The lowest BCUT2D eigenvalue weighted by molar-refractivity contribution is 0.0548. The Morgan fingerprint density at radius 1 is 0.941 bits per heavy atom. The molecule has 2 N–H and O–H groups in total. The highest BCUT2D eigenvalue weighted by Crippen LogP contribution is 2.20. The van der Waals surface area contributed by atoms with Crippen molar-refractivity contribution in [2.45, 2.75) is 89.7 Å². The summed E-state index contributed by atoms with van der Waals surface area (Å²) in [6.07, 6.45) is 14.9. The molecule has 0 aromatic rings. The highest BCUT2D eigenvalue weighted by molar-refractivity contribution is 4.77. The molecule has 0 aromatic carbocycles. The molecule has 0 spiro atoms. The van der Waals surface area contributed by atoms with E-state index in [1.807, 2.05) is 0 Å². The van der Waals surface area contributed by atoms with Gasteiger partial charge >= 0.3 is 0 Å². The molecular formula is C15H31NO. The van der Waals surface area contributed by atoms with Crippen molar-refractivity contribution >= 4 is 0 Å². The Balaban J connectivity index is 1.75. The summed E-state index contributed by atoms with van der Waals surface area (Å²) in [5, 5.41) is 0. The molecule has 1 aliphatic rings. The number of ether oxygens (including phenoxy) is 1. The van der Waals surface area contributed by atoms with Crippen molar-refractivity contribution in [2.75, 3.05) is 6.61 Å². The van der Waals surface area contributed by atoms with Gasteiger partial charge in [-0.1, -0.05) is 51.9 Å². The summed E-state index contributed by atoms with van der Waals surface area (Å²) < 4.78 is 5.84. The van der Waals surface area contributed by atoms with Gasteiger partial charge in [0.05, 0.1) is 6.10 Å². The van der Waals surface area contributed by atoms with E-state index in [2.05, 4.69) is 6.92 Å². The number of nitrogens with two attached hydrogens (primary N) is 1. The molecule has 0 heterocycles. The van der Waals surface area contributed by atoms with E-state index >= 15 is 0 Å². The van der Waals surface area contributed by atoms with Gasteiger partial charge in [0.15, 0.2) is 0 Å². The van der Waals surface area contributed by atoms with Gasteiger partial charge in [0, 0.05) is 12.6 Å². The Kier molecular flexibility index (Phi) is 8.72. The van der Waals surface area contributed by atoms with E-state index in [1.54, 1.807) is 0 Å². The van der Waals surface area contributed by atoms with Crippen molar-refractivity contribution < 1.29 is 4.74 Å². The van der Waals surface area contributed by atoms with Gasteiger partial charge in [0.1, 0.15) is 0 Å². The quantitative estimate of drug-likeness (QED) is 0.586. The smallest absolute Gasteiger partial charge is 0.0590 e. The molecule has 1 fully saturated rings. The van der Waals surface area contributed by atoms with Crippen LogP contribution in [-0.4, -0.2) is 18.8 Å². The predicted octanol–water partition coefficient (Wildman–Crippen LogP) is 4.02. The van der Waals surface area contributed by atoms with Crippen molar-refractivity contribution in [1.82, 2.24) is 0 Å². The van der Waals surface area contributed by atoms with Crippen molar-refractivity contribution in [3.63, 3.8) is 0 Å². The lowest BCUT2D eigenvalue weighted by Gasteiger charge is -2.11. The van der Waals surface area contributed by atoms with Gasteiger partial charge in [-0.2, -0.15) is 0 Å². The zero-order valence-electron chi connectivity index (χ0n) is 11.6. The average Bonchev–Trinajstić information content (AvgIpc) is 2.73. The lowest BCUT2D eigenvalue weighted by Crippen LogP contribution is -2.17. The maximum atomic E-state index is 5.85. The Labute approximate surface area is 107 Å². The third-order valence-corrected chi connectivity index (χ3v) is 3.78. The minimum atomic E-state index is 0.401. The van der Waals surface area contributed by atoms with E-state index in [9.17, 15) is 0 Å². The van der Waals surface area contributed by atoms with Gasteiger partial charge in [-0.3, -0.25) is 0 Å². The molecule has 0 bridgehead atoms. The van der Waals surface area contributed by atoms with Crippen molar-refractivity contribution in [2.24, 2.45) is 5.73 Å². The van der Waals surface area contributed by atoms with Crippen molar-refractivity contribution in [3.8, 4) is 0 Å². The summed E-state index contributed by atoms with van der Waals surface area (Å²) in [6, 6.07) is 0.401. The molecule has 0 amide bonds. The van der Waals surface area contributed by atoms with Crippen LogP contribution < -0.4 is 5.73 Å². The second kappa shape index (κ2) is 9.90. The molecule has 2 atom stereocenters. The topological polar surface area (TPSA) is 35.2 Å². The first-order valence-electron chi connectivity index (χ1n) is 7.70. The monoisotopic (exact) mass is 241 g/mol. The molecule has 2 heteroatoms. The second-order valence-electron chi connectivity index (χ2n) is 5.54. The molecule has 1 rings (SSSR count). The van der Waals surface area contributed by atoms with Gasteiger partial charge in [-0.05, 0) is 25.7 Å². The Morgan fingerprint density at radius 3 is 2.18 bits per heavy atom. The van der Waals surface area contributed by atoms with Crippen LogP contribution in [-0.2, 0) is 4.74 Å². The Hall–Kier alpha value is -0.0800. The second-order valence-corrected chi connectivity index (χ2v) is 5.54. The largest absolute Gasteiger partial charge is 0.378 e. The van der Waals surface area contributed by atoms with Crippen LogP contribution in [0.2, 0.25) is 0 Å². The van der Waals surface area contributed by atoms with Crippen LogP contribution in [0.15, 0.2) is 0 Å². The lowest BCUT2D eigenvalue weighted by atomic mass is 10.1. The van der Waals surface area contributed by atoms with E-state index in [-0.39, 0.29) is 0 Å². The first kappa shape index (κ1) is 15.0. The molecule has 1 saturated carbocycles. The van der Waals surface area contributed by atoms with Gasteiger partial charge < -0.3 is 10.5 Å². The molecular weight excluding hydrogens is 210 g/mol. The molecule has 1 aliphatic carbocycles.